The monoisotopic (exact) mass is 188 g/mol. The van der Waals surface area contributed by atoms with Crippen molar-refractivity contribution in [2.45, 2.75) is 46.1 Å². The van der Waals surface area contributed by atoms with Gasteiger partial charge in [-0.15, -0.1) is 0 Å². The van der Waals surface area contributed by atoms with Gasteiger partial charge in [-0.05, 0) is 12.8 Å². The van der Waals surface area contributed by atoms with Gasteiger partial charge in [0.25, 0.3) is 0 Å². The lowest BCUT2D eigenvalue weighted by molar-refractivity contribution is -0.143. The van der Waals surface area contributed by atoms with E-state index in [0.717, 1.165) is 19.3 Å². The molecule has 0 spiro atoms. The summed E-state index contributed by atoms with van der Waals surface area (Å²) in [6.45, 7) is 6.53. The van der Waals surface area contributed by atoms with Crippen LogP contribution in [0.4, 0.5) is 0 Å². The van der Waals surface area contributed by atoms with Crippen LogP contribution in [0, 0.1) is 0 Å². The van der Waals surface area contributed by atoms with Crippen LogP contribution in [-0.2, 0) is 14.3 Å². The van der Waals surface area contributed by atoms with Crippen LogP contribution in [0.15, 0.2) is 0 Å². The third kappa shape index (κ3) is 7.78. The molecule has 0 rings (SSSR count). The molecular weight excluding hydrogens is 168 g/mol. The lowest BCUT2D eigenvalue weighted by atomic mass is 10.2. The standard InChI is InChI=1S/C10H20O3/c1-4-6-10(5-2)13-8-7-12-9(3)11/h10H,4-8H2,1-3H3. The summed E-state index contributed by atoms with van der Waals surface area (Å²) in [6, 6.07) is 0. The fourth-order valence-electron chi connectivity index (χ4n) is 1.13. The molecule has 0 heterocycles. The van der Waals surface area contributed by atoms with Crippen molar-refractivity contribution >= 4 is 5.97 Å². The molecule has 0 aliphatic rings. The molecule has 3 heteroatoms. The highest BCUT2D eigenvalue weighted by Gasteiger charge is 2.04. The molecule has 0 aromatic carbocycles. The Labute approximate surface area is 80.4 Å². The molecule has 0 aromatic heterocycles. The lowest BCUT2D eigenvalue weighted by Crippen LogP contribution is -2.16. The first-order valence-electron chi connectivity index (χ1n) is 4.95. The first-order chi connectivity index (χ1) is 6.20. The van der Waals surface area contributed by atoms with Crippen molar-refractivity contribution in [3.05, 3.63) is 0 Å². The van der Waals surface area contributed by atoms with E-state index in [9.17, 15) is 4.79 Å². The first-order valence-corrected chi connectivity index (χ1v) is 4.95. The average Bonchev–Trinajstić information content (AvgIpc) is 2.10. The Kier molecular flexibility index (Phi) is 7.69. The van der Waals surface area contributed by atoms with Gasteiger partial charge >= 0.3 is 5.97 Å². The largest absolute Gasteiger partial charge is 0.463 e. The quantitative estimate of drug-likeness (QED) is 0.453. The lowest BCUT2D eigenvalue weighted by Gasteiger charge is -2.14. The second-order valence-corrected chi connectivity index (χ2v) is 3.03. The van der Waals surface area contributed by atoms with E-state index in [1.807, 2.05) is 0 Å². The molecule has 78 valence electrons. The van der Waals surface area contributed by atoms with Crippen molar-refractivity contribution in [1.29, 1.82) is 0 Å². The molecule has 3 nitrogen and oxygen atoms in total. The number of hydrogen-bond donors (Lipinski definition) is 0. The molecule has 0 aromatic rings. The maximum atomic E-state index is 10.4. The number of esters is 1. The molecule has 0 fully saturated rings. The Hall–Kier alpha value is -0.570. The highest BCUT2D eigenvalue weighted by Crippen LogP contribution is 2.05. The van der Waals surface area contributed by atoms with Crippen LogP contribution in [0.3, 0.4) is 0 Å². The van der Waals surface area contributed by atoms with E-state index in [-0.39, 0.29) is 5.97 Å². The molecule has 0 aliphatic carbocycles. The van der Waals surface area contributed by atoms with Crippen molar-refractivity contribution in [2.75, 3.05) is 13.2 Å². The average molecular weight is 188 g/mol. The van der Waals surface area contributed by atoms with E-state index in [1.165, 1.54) is 6.92 Å². The Bertz CT molecular complexity index is 134. The maximum Gasteiger partial charge on any atom is 0.302 e. The van der Waals surface area contributed by atoms with Gasteiger partial charge in [-0.25, -0.2) is 0 Å². The molecule has 0 bridgehead atoms. The molecule has 0 amide bonds. The van der Waals surface area contributed by atoms with Crippen LogP contribution in [0.25, 0.3) is 0 Å². The fourth-order valence-corrected chi connectivity index (χ4v) is 1.13. The topological polar surface area (TPSA) is 35.5 Å². The van der Waals surface area contributed by atoms with E-state index in [1.54, 1.807) is 0 Å². The maximum absolute atomic E-state index is 10.4. The highest BCUT2D eigenvalue weighted by molar-refractivity contribution is 5.65. The van der Waals surface area contributed by atoms with Crippen LogP contribution in [0.1, 0.15) is 40.0 Å². The minimum atomic E-state index is -0.243. The molecular formula is C10H20O3. The molecule has 0 saturated carbocycles. The zero-order valence-corrected chi connectivity index (χ0v) is 8.84. The number of carbonyl (C=O) groups excluding carboxylic acids is 1. The summed E-state index contributed by atoms with van der Waals surface area (Å²) < 4.78 is 10.3. The highest BCUT2D eigenvalue weighted by atomic mass is 16.6. The third-order valence-electron chi connectivity index (χ3n) is 1.81. The summed E-state index contributed by atoms with van der Waals surface area (Å²) in [7, 11) is 0. The predicted molar refractivity (Wildman–Crippen MR) is 51.6 cm³/mol. The SMILES string of the molecule is CCCC(CC)OCCOC(C)=O. The summed E-state index contributed by atoms with van der Waals surface area (Å²) in [6.07, 6.45) is 3.55. The van der Waals surface area contributed by atoms with Crippen LogP contribution < -0.4 is 0 Å². The Balaban J connectivity index is 3.32. The summed E-state index contributed by atoms with van der Waals surface area (Å²) in [5.41, 5.74) is 0. The fraction of sp³-hybridized carbons (Fsp3) is 0.900. The number of ether oxygens (including phenoxy) is 2. The van der Waals surface area contributed by atoms with Gasteiger partial charge in [-0.2, -0.15) is 0 Å². The number of rotatable bonds is 7. The molecule has 0 aliphatic heterocycles. The van der Waals surface area contributed by atoms with Crippen molar-refractivity contribution in [3.8, 4) is 0 Å². The van der Waals surface area contributed by atoms with E-state index in [2.05, 4.69) is 13.8 Å². The Morgan fingerprint density at radius 3 is 2.46 bits per heavy atom. The predicted octanol–water partition coefficient (Wildman–Crippen LogP) is 2.14. The number of carbonyl (C=O) groups is 1. The smallest absolute Gasteiger partial charge is 0.302 e. The van der Waals surface area contributed by atoms with Gasteiger partial charge in [-0.1, -0.05) is 20.3 Å². The van der Waals surface area contributed by atoms with Crippen LogP contribution in [0.2, 0.25) is 0 Å². The van der Waals surface area contributed by atoms with Crippen LogP contribution in [-0.4, -0.2) is 25.3 Å². The number of hydrogen-bond acceptors (Lipinski definition) is 3. The third-order valence-corrected chi connectivity index (χ3v) is 1.81. The van der Waals surface area contributed by atoms with Crippen LogP contribution in [0.5, 0.6) is 0 Å². The molecule has 13 heavy (non-hydrogen) atoms. The van der Waals surface area contributed by atoms with E-state index >= 15 is 0 Å². The molecule has 0 saturated heterocycles. The van der Waals surface area contributed by atoms with Crippen molar-refractivity contribution in [1.82, 2.24) is 0 Å². The summed E-state index contributed by atoms with van der Waals surface area (Å²) in [5, 5.41) is 0. The van der Waals surface area contributed by atoms with Crippen molar-refractivity contribution in [2.24, 2.45) is 0 Å². The molecule has 0 radical (unpaired) electrons. The Morgan fingerprint density at radius 1 is 1.31 bits per heavy atom. The zero-order chi connectivity index (χ0) is 10.1. The molecule has 1 atom stereocenters. The van der Waals surface area contributed by atoms with E-state index in [0.29, 0.717) is 19.3 Å². The van der Waals surface area contributed by atoms with Crippen LogP contribution >= 0.6 is 0 Å². The molecule has 0 N–H and O–H groups in total. The van der Waals surface area contributed by atoms with E-state index in [4.69, 9.17) is 9.47 Å². The second kappa shape index (κ2) is 8.05. The van der Waals surface area contributed by atoms with Gasteiger partial charge in [0.15, 0.2) is 0 Å². The van der Waals surface area contributed by atoms with Crippen molar-refractivity contribution < 1.29 is 14.3 Å². The normalized spacial score (nSPS) is 12.5. The molecule has 1 unspecified atom stereocenters. The Morgan fingerprint density at radius 2 is 2.00 bits per heavy atom. The van der Waals surface area contributed by atoms with Gasteiger partial charge < -0.3 is 9.47 Å². The zero-order valence-electron chi connectivity index (χ0n) is 8.84. The second-order valence-electron chi connectivity index (χ2n) is 3.03. The minimum absolute atomic E-state index is 0.243. The van der Waals surface area contributed by atoms with Gasteiger partial charge in [-0.3, -0.25) is 4.79 Å². The summed E-state index contributed by atoms with van der Waals surface area (Å²) in [4.78, 5) is 10.4. The summed E-state index contributed by atoms with van der Waals surface area (Å²) >= 11 is 0. The van der Waals surface area contributed by atoms with Gasteiger partial charge in [0.1, 0.15) is 6.61 Å². The van der Waals surface area contributed by atoms with Gasteiger partial charge in [0.05, 0.1) is 12.7 Å². The van der Waals surface area contributed by atoms with Gasteiger partial charge in [0, 0.05) is 6.92 Å². The first kappa shape index (κ1) is 12.4. The van der Waals surface area contributed by atoms with Crippen molar-refractivity contribution in [3.63, 3.8) is 0 Å². The van der Waals surface area contributed by atoms with Gasteiger partial charge in [0.2, 0.25) is 0 Å². The van der Waals surface area contributed by atoms with E-state index < -0.39 is 0 Å². The summed E-state index contributed by atoms with van der Waals surface area (Å²) in [5.74, 6) is -0.243. The minimum Gasteiger partial charge on any atom is -0.463 e.